The summed E-state index contributed by atoms with van der Waals surface area (Å²) in [4.78, 5) is 40.9. The predicted octanol–water partition coefficient (Wildman–Crippen LogP) is 10.6. The van der Waals surface area contributed by atoms with Gasteiger partial charge in [0.25, 0.3) is 0 Å². The van der Waals surface area contributed by atoms with Crippen LogP contribution in [0.5, 0.6) is 0 Å². The summed E-state index contributed by atoms with van der Waals surface area (Å²) >= 11 is -0.204. The molecule has 0 aromatic rings. The molecule has 0 heterocycles. The van der Waals surface area contributed by atoms with E-state index in [0.717, 1.165) is 55.8 Å². The average molecular weight is 786 g/mol. The first-order valence-electron chi connectivity index (χ1n) is 17.6. The zero-order valence-corrected chi connectivity index (χ0v) is 34.6. The second kappa shape index (κ2) is 29.4. The molecule has 0 aromatic carbocycles. The summed E-state index contributed by atoms with van der Waals surface area (Å²) in [5, 5.41) is -1.26. The molecule has 0 saturated carbocycles. The van der Waals surface area contributed by atoms with Gasteiger partial charge in [0, 0.05) is 0 Å². The van der Waals surface area contributed by atoms with Gasteiger partial charge in [-0.25, -0.2) is 0 Å². The van der Waals surface area contributed by atoms with E-state index in [4.69, 9.17) is 9.22 Å². The van der Waals surface area contributed by atoms with E-state index in [0.29, 0.717) is 0 Å². The van der Waals surface area contributed by atoms with Crippen LogP contribution in [0.4, 0.5) is 0 Å². The van der Waals surface area contributed by atoms with Crippen LogP contribution in [-0.4, -0.2) is 70.5 Å². The van der Waals surface area contributed by atoms with Crippen molar-refractivity contribution < 1.29 is 23.6 Å². The number of thioether (sulfide) groups is 3. The monoisotopic (exact) mass is 786 g/mol. The Balaban J connectivity index is 5.05. The van der Waals surface area contributed by atoms with Gasteiger partial charge in [-0.05, 0) is 0 Å². The fourth-order valence-electron chi connectivity index (χ4n) is 4.49. The van der Waals surface area contributed by atoms with Crippen LogP contribution >= 0.6 is 35.3 Å². The van der Waals surface area contributed by atoms with Gasteiger partial charge in [0.2, 0.25) is 0 Å². The van der Waals surface area contributed by atoms with Crippen molar-refractivity contribution in [2.75, 3.05) is 17.3 Å². The SMILES string of the molecule is CCCCCCCCSC(C)C(=O)[O][Sn]([CH3])([O]C(=O)C(C)SCCCCCCCC)[O]C(=O)C(C)SCCCCCCCC. The minimum atomic E-state index is -4.85. The summed E-state index contributed by atoms with van der Waals surface area (Å²) < 4.78 is 17.6. The summed E-state index contributed by atoms with van der Waals surface area (Å²) in [6.45, 7) is 12.1. The Labute approximate surface area is 289 Å². The van der Waals surface area contributed by atoms with Crippen LogP contribution in [-0.2, 0) is 23.6 Å². The van der Waals surface area contributed by atoms with E-state index in [-0.39, 0.29) is 0 Å². The summed E-state index contributed by atoms with van der Waals surface area (Å²) in [7, 11) is 0. The van der Waals surface area contributed by atoms with E-state index in [1.807, 2.05) is 20.8 Å². The van der Waals surface area contributed by atoms with Gasteiger partial charge in [-0.3, -0.25) is 0 Å². The average Bonchev–Trinajstić information content (AvgIpc) is 2.98. The van der Waals surface area contributed by atoms with Crippen LogP contribution in [0.3, 0.4) is 0 Å². The molecule has 0 aliphatic carbocycles. The zero-order valence-electron chi connectivity index (χ0n) is 29.3. The quantitative estimate of drug-likeness (QED) is 0.0522. The van der Waals surface area contributed by atoms with Crippen molar-refractivity contribution in [1.82, 2.24) is 0 Å². The standard InChI is InChI=1S/3C11H22O2S.CH3.Sn/c3*1-3-4-5-6-7-8-9-14-10(2)11(12)13;;/h3*10H,3-9H2,1-2H3,(H,12,13);1H3;/q;;;;+3/p-3. The summed E-state index contributed by atoms with van der Waals surface area (Å²) in [5.74, 6) is 1.23. The molecule has 0 bridgehead atoms. The van der Waals surface area contributed by atoms with Gasteiger partial charge >= 0.3 is 291 Å². The third-order valence-electron chi connectivity index (χ3n) is 7.45. The van der Waals surface area contributed by atoms with Gasteiger partial charge in [-0.2, -0.15) is 0 Å². The topological polar surface area (TPSA) is 78.9 Å². The Morgan fingerprint density at radius 1 is 0.455 bits per heavy atom. The van der Waals surface area contributed by atoms with Gasteiger partial charge in [0.05, 0.1) is 0 Å². The second-order valence-corrected chi connectivity index (χ2v) is 23.0. The Morgan fingerprint density at radius 2 is 0.682 bits per heavy atom. The number of rotatable bonds is 30. The van der Waals surface area contributed by atoms with Crippen LogP contribution < -0.4 is 0 Å². The third-order valence-corrected chi connectivity index (χ3v) is 16.0. The van der Waals surface area contributed by atoms with Gasteiger partial charge in [-0.1, -0.05) is 0 Å². The maximum absolute atomic E-state index is 13.1. The van der Waals surface area contributed by atoms with Crippen LogP contribution in [0.1, 0.15) is 157 Å². The van der Waals surface area contributed by atoms with E-state index < -0.39 is 53.3 Å². The second-order valence-electron chi connectivity index (χ2n) is 12.0. The number of carbonyl (C=O) groups is 3. The molecule has 3 unspecified atom stereocenters. The number of unbranched alkanes of at least 4 members (excludes halogenated alkanes) is 15. The molecule has 0 amide bonds. The van der Waals surface area contributed by atoms with E-state index in [1.54, 1.807) is 40.2 Å². The Morgan fingerprint density at radius 3 is 0.932 bits per heavy atom. The van der Waals surface area contributed by atoms with Crippen molar-refractivity contribution in [3.05, 3.63) is 0 Å². The van der Waals surface area contributed by atoms with E-state index in [2.05, 4.69) is 20.8 Å². The predicted molar refractivity (Wildman–Crippen MR) is 196 cm³/mol. The Hall–Kier alpha value is 0.259. The van der Waals surface area contributed by atoms with Crippen molar-refractivity contribution in [3.63, 3.8) is 0 Å². The molecule has 6 nitrogen and oxygen atoms in total. The fraction of sp³-hybridized carbons (Fsp3) is 0.912. The first-order chi connectivity index (χ1) is 21.1. The molecule has 0 fully saturated rings. The Kier molecular flexibility index (Phi) is 29.6. The van der Waals surface area contributed by atoms with Crippen molar-refractivity contribution in [3.8, 4) is 0 Å². The van der Waals surface area contributed by atoms with Crippen molar-refractivity contribution in [2.24, 2.45) is 0 Å². The summed E-state index contributed by atoms with van der Waals surface area (Å²) in [6, 6.07) is 0. The molecule has 3 atom stereocenters. The third kappa shape index (κ3) is 24.4. The van der Waals surface area contributed by atoms with Crippen LogP contribution in [0.15, 0.2) is 0 Å². The normalized spacial score (nSPS) is 14.8. The number of carbonyl (C=O) groups excluding carboxylic acids is 3. The van der Waals surface area contributed by atoms with Crippen molar-refractivity contribution in [1.29, 1.82) is 0 Å². The molecule has 0 radical (unpaired) electrons. The van der Waals surface area contributed by atoms with Gasteiger partial charge < -0.3 is 0 Å². The van der Waals surface area contributed by atoms with Crippen LogP contribution in [0.2, 0.25) is 4.94 Å². The first-order valence-corrected chi connectivity index (χ1v) is 27.1. The molecule has 0 spiro atoms. The van der Waals surface area contributed by atoms with Crippen molar-refractivity contribution in [2.45, 2.75) is 178 Å². The molecule has 0 aliphatic rings. The van der Waals surface area contributed by atoms with Crippen molar-refractivity contribution >= 4 is 72.8 Å². The molecule has 0 aromatic heterocycles. The fourth-order valence-corrected chi connectivity index (χ4v) is 12.9. The van der Waals surface area contributed by atoms with Crippen LogP contribution in [0.25, 0.3) is 0 Å². The van der Waals surface area contributed by atoms with E-state index in [9.17, 15) is 14.4 Å². The van der Waals surface area contributed by atoms with Gasteiger partial charge in [0.1, 0.15) is 0 Å². The first kappa shape index (κ1) is 44.3. The molecule has 44 heavy (non-hydrogen) atoms. The minimum absolute atomic E-state index is 0.418. The molecule has 10 heteroatoms. The molecule has 0 saturated heterocycles. The summed E-state index contributed by atoms with van der Waals surface area (Å²) in [5.41, 5.74) is 0. The van der Waals surface area contributed by atoms with E-state index >= 15 is 0 Å². The molecule has 0 aliphatic heterocycles. The molecular formula is C34H66O6S3Sn. The maximum atomic E-state index is 13.1. The molecular weight excluding hydrogens is 719 g/mol. The van der Waals surface area contributed by atoms with Gasteiger partial charge in [-0.15, -0.1) is 0 Å². The summed E-state index contributed by atoms with van der Waals surface area (Å²) in [6.07, 6.45) is 21.5. The zero-order chi connectivity index (χ0) is 33.1. The van der Waals surface area contributed by atoms with E-state index in [1.165, 1.54) is 77.0 Å². The molecule has 0 N–H and O–H groups in total. The number of hydrogen-bond donors (Lipinski definition) is 0. The number of hydrogen-bond acceptors (Lipinski definition) is 9. The molecule has 0 rings (SSSR count). The van der Waals surface area contributed by atoms with Gasteiger partial charge in [0.15, 0.2) is 0 Å². The molecule has 260 valence electrons. The Bertz CT molecular complexity index is 649. The van der Waals surface area contributed by atoms with Crippen LogP contribution in [0, 0.1) is 0 Å².